The van der Waals surface area contributed by atoms with Gasteiger partial charge in [0.2, 0.25) is 5.95 Å². The molecule has 1 N–H and O–H groups in total. The summed E-state index contributed by atoms with van der Waals surface area (Å²) >= 11 is 0. The summed E-state index contributed by atoms with van der Waals surface area (Å²) in [5, 5.41) is 3.14. The number of piperazine rings is 1. The van der Waals surface area contributed by atoms with Crippen LogP contribution in [0.4, 0.5) is 21.0 Å². The zero-order valence-electron chi connectivity index (χ0n) is 15.4. The van der Waals surface area contributed by atoms with Gasteiger partial charge in [-0.25, -0.2) is 14.2 Å². The Balaban J connectivity index is 1.52. The molecule has 0 aliphatic carbocycles. The highest BCUT2D eigenvalue weighted by Gasteiger charge is 2.22. The highest BCUT2D eigenvalue weighted by molar-refractivity contribution is 5.68. The molecule has 1 aromatic carbocycles. The van der Waals surface area contributed by atoms with Gasteiger partial charge in [0, 0.05) is 38.9 Å². The number of hydrogen-bond donors (Lipinski definition) is 1. The molecule has 8 heteroatoms. The minimum atomic E-state index is -0.268. The van der Waals surface area contributed by atoms with Crippen molar-refractivity contribution in [2.24, 2.45) is 0 Å². The van der Waals surface area contributed by atoms with Crippen molar-refractivity contribution in [3.05, 3.63) is 47.9 Å². The zero-order chi connectivity index (χ0) is 19.1. The molecule has 1 saturated heterocycles. The lowest BCUT2D eigenvalue weighted by molar-refractivity contribution is 0.105. The number of carbonyl (C=O) groups is 1. The van der Waals surface area contributed by atoms with Crippen molar-refractivity contribution in [1.82, 2.24) is 14.9 Å². The molecule has 1 aromatic heterocycles. The third-order valence-corrected chi connectivity index (χ3v) is 4.41. The fraction of sp³-hybridized carbons (Fsp3) is 0.421. The van der Waals surface area contributed by atoms with Gasteiger partial charge in [-0.1, -0.05) is 18.2 Å². The number of nitrogens with zero attached hydrogens (tertiary/aromatic N) is 4. The van der Waals surface area contributed by atoms with Gasteiger partial charge in [0.25, 0.3) is 0 Å². The number of carbonyl (C=O) groups excluding carboxylic acids is 1. The molecule has 0 radical (unpaired) electrons. The summed E-state index contributed by atoms with van der Waals surface area (Å²) in [4.78, 5) is 24.4. The lowest BCUT2D eigenvalue weighted by Crippen LogP contribution is -2.49. The van der Waals surface area contributed by atoms with E-state index in [0.29, 0.717) is 57.3 Å². The minimum Gasteiger partial charge on any atom is -0.450 e. The first-order valence-corrected chi connectivity index (χ1v) is 9.14. The number of ether oxygens (including phenoxy) is 1. The fourth-order valence-electron chi connectivity index (χ4n) is 2.95. The lowest BCUT2D eigenvalue weighted by Gasteiger charge is -2.34. The second kappa shape index (κ2) is 9.16. The Kier molecular flexibility index (Phi) is 6.40. The van der Waals surface area contributed by atoms with Crippen LogP contribution in [0.3, 0.4) is 0 Å². The molecule has 0 atom stereocenters. The molecular formula is C19H24FN5O2. The van der Waals surface area contributed by atoms with Crippen molar-refractivity contribution in [2.45, 2.75) is 13.3 Å². The molecule has 1 fully saturated rings. The Labute approximate surface area is 158 Å². The van der Waals surface area contributed by atoms with E-state index in [-0.39, 0.29) is 11.9 Å². The van der Waals surface area contributed by atoms with Gasteiger partial charge in [0.1, 0.15) is 11.6 Å². The molecule has 3 rings (SSSR count). The van der Waals surface area contributed by atoms with Gasteiger partial charge < -0.3 is 19.9 Å². The van der Waals surface area contributed by atoms with E-state index in [1.165, 1.54) is 6.07 Å². The Morgan fingerprint density at radius 1 is 1.22 bits per heavy atom. The molecule has 0 bridgehead atoms. The van der Waals surface area contributed by atoms with Crippen LogP contribution in [0.25, 0.3) is 0 Å². The van der Waals surface area contributed by atoms with Gasteiger partial charge in [0.15, 0.2) is 0 Å². The maximum atomic E-state index is 13.7. The highest BCUT2D eigenvalue weighted by atomic mass is 19.1. The number of nitrogens with one attached hydrogen (secondary N) is 1. The number of anilines is 2. The summed E-state index contributed by atoms with van der Waals surface area (Å²) in [6.07, 6.45) is 1.99. The van der Waals surface area contributed by atoms with Crippen LogP contribution in [-0.4, -0.2) is 60.3 Å². The number of aromatic nitrogens is 2. The summed E-state index contributed by atoms with van der Waals surface area (Å²) in [6.45, 7) is 5.29. The second-order valence-corrected chi connectivity index (χ2v) is 6.18. The largest absolute Gasteiger partial charge is 0.450 e. The van der Waals surface area contributed by atoms with Gasteiger partial charge in [-0.15, -0.1) is 0 Å². The Bertz CT molecular complexity index is 765. The topological polar surface area (TPSA) is 70.6 Å². The Morgan fingerprint density at radius 3 is 2.74 bits per heavy atom. The molecule has 1 aliphatic rings. The van der Waals surface area contributed by atoms with Crippen molar-refractivity contribution >= 4 is 17.9 Å². The third-order valence-electron chi connectivity index (χ3n) is 4.41. The molecule has 2 aromatic rings. The van der Waals surface area contributed by atoms with Crippen LogP contribution in [0.2, 0.25) is 0 Å². The molecule has 1 amide bonds. The van der Waals surface area contributed by atoms with Gasteiger partial charge >= 0.3 is 6.09 Å². The minimum absolute atomic E-state index is 0.201. The average Bonchev–Trinajstić information content (AvgIpc) is 2.70. The quantitative estimate of drug-likeness (QED) is 0.839. The van der Waals surface area contributed by atoms with E-state index in [1.807, 2.05) is 12.1 Å². The molecular weight excluding hydrogens is 349 g/mol. The smallest absolute Gasteiger partial charge is 0.409 e. The Morgan fingerprint density at radius 2 is 2.00 bits per heavy atom. The summed E-state index contributed by atoms with van der Waals surface area (Å²) in [7, 11) is 0. The first-order chi connectivity index (χ1) is 13.2. The molecule has 27 heavy (non-hydrogen) atoms. The van der Waals surface area contributed by atoms with Crippen molar-refractivity contribution in [2.75, 3.05) is 49.5 Å². The first-order valence-electron chi connectivity index (χ1n) is 9.14. The van der Waals surface area contributed by atoms with Crippen molar-refractivity contribution in [3.63, 3.8) is 0 Å². The van der Waals surface area contributed by atoms with Crippen LogP contribution < -0.4 is 10.2 Å². The monoisotopic (exact) mass is 373 g/mol. The molecule has 0 spiro atoms. The average molecular weight is 373 g/mol. The maximum absolute atomic E-state index is 13.7. The van der Waals surface area contributed by atoms with Crippen LogP contribution >= 0.6 is 0 Å². The van der Waals surface area contributed by atoms with Crippen molar-refractivity contribution < 1.29 is 13.9 Å². The first kappa shape index (κ1) is 18.9. The van der Waals surface area contributed by atoms with Crippen LogP contribution in [0.1, 0.15) is 12.5 Å². The van der Waals surface area contributed by atoms with E-state index >= 15 is 0 Å². The standard InChI is InChI=1S/C19H24FN5O2/c1-2-27-19(26)25-13-11-24(12-14-25)17-8-10-22-18(23-17)21-9-7-15-5-3-4-6-16(15)20/h3-6,8,10H,2,7,9,11-14H2,1H3,(H,21,22,23). The van der Waals surface area contributed by atoms with E-state index < -0.39 is 0 Å². The fourth-order valence-corrected chi connectivity index (χ4v) is 2.95. The predicted octanol–water partition coefficient (Wildman–Crippen LogP) is 2.55. The van der Waals surface area contributed by atoms with E-state index in [9.17, 15) is 9.18 Å². The van der Waals surface area contributed by atoms with Crippen molar-refractivity contribution in [1.29, 1.82) is 0 Å². The lowest BCUT2D eigenvalue weighted by atomic mass is 10.1. The summed E-state index contributed by atoms with van der Waals surface area (Å²) < 4.78 is 18.7. The summed E-state index contributed by atoms with van der Waals surface area (Å²) in [5.74, 6) is 1.12. The van der Waals surface area contributed by atoms with E-state index in [2.05, 4.69) is 20.2 Å². The molecule has 144 valence electrons. The number of hydrogen-bond acceptors (Lipinski definition) is 6. The van der Waals surface area contributed by atoms with Crippen LogP contribution in [0.5, 0.6) is 0 Å². The van der Waals surface area contributed by atoms with E-state index in [4.69, 9.17) is 4.74 Å². The zero-order valence-corrected chi connectivity index (χ0v) is 15.4. The Hall–Kier alpha value is -2.90. The molecule has 0 saturated carbocycles. The van der Waals surface area contributed by atoms with Gasteiger partial charge in [0.05, 0.1) is 6.61 Å². The maximum Gasteiger partial charge on any atom is 0.409 e. The summed E-state index contributed by atoms with van der Waals surface area (Å²) in [6, 6.07) is 8.59. The number of rotatable bonds is 6. The van der Waals surface area contributed by atoms with Gasteiger partial charge in [-0.05, 0) is 31.0 Å². The highest BCUT2D eigenvalue weighted by Crippen LogP contribution is 2.15. The third kappa shape index (κ3) is 5.06. The molecule has 0 unspecified atom stereocenters. The number of halogens is 1. The number of benzene rings is 1. The normalized spacial score (nSPS) is 14.1. The molecule has 7 nitrogen and oxygen atoms in total. The van der Waals surface area contributed by atoms with Crippen LogP contribution in [-0.2, 0) is 11.2 Å². The summed E-state index contributed by atoms with van der Waals surface area (Å²) in [5.41, 5.74) is 0.663. The second-order valence-electron chi connectivity index (χ2n) is 6.18. The van der Waals surface area contributed by atoms with Gasteiger partial charge in [-0.2, -0.15) is 4.98 Å². The molecule has 2 heterocycles. The van der Waals surface area contributed by atoms with E-state index in [1.54, 1.807) is 30.2 Å². The SMILES string of the molecule is CCOC(=O)N1CCN(c2ccnc(NCCc3ccccc3F)n2)CC1. The predicted molar refractivity (Wildman–Crippen MR) is 101 cm³/mol. The number of amides is 1. The van der Waals surface area contributed by atoms with Gasteiger partial charge in [-0.3, -0.25) is 0 Å². The van der Waals surface area contributed by atoms with Crippen LogP contribution in [0, 0.1) is 5.82 Å². The molecule has 1 aliphatic heterocycles. The van der Waals surface area contributed by atoms with E-state index in [0.717, 1.165) is 5.82 Å². The van der Waals surface area contributed by atoms with Crippen molar-refractivity contribution in [3.8, 4) is 0 Å². The van der Waals surface area contributed by atoms with Crippen LogP contribution in [0.15, 0.2) is 36.5 Å².